The van der Waals surface area contributed by atoms with Crippen LogP contribution in [0.4, 0.5) is 5.69 Å². The standard InChI is InChI=1S/C40H58I3NO3/c1-8-26(20-30-34(41)22-35(42)37(36(30)43)44-25(5)45)38(46)47-28-16-18-39(6)27(21-28)12-13-29-32-15-14-31(24(4)11-9-10-23(2)3)40(32,7)19-17-33(29)39/h12,22-24,26,28-29,31-33H,8-11,13-21H2,1-7H3,(H,44,45)/t24-,26?,28+,29?,31-,32?,33?,39+,40-/m1/s1. The molecule has 5 rings (SSSR count). The zero-order valence-electron chi connectivity index (χ0n) is 29.8. The van der Waals surface area contributed by atoms with Crippen molar-refractivity contribution in [3.8, 4) is 0 Å². The fourth-order valence-corrected chi connectivity index (χ4v) is 14.8. The van der Waals surface area contributed by atoms with Crippen LogP contribution in [0.3, 0.4) is 0 Å². The molecular weight excluding hydrogens is 923 g/mol. The van der Waals surface area contributed by atoms with Crippen LogP contribution in [-0.4, -0.2) is 18.0 Å². The number of nitrogens with one attached hydrogen (secondary N) is 1. The van der Waals surface area contributed by atoms with Crippen LogP contribution in [0.15, 0.2) is 17.7 Å². The monoisotopic (exact) mass is 981 g/mol. The van der Waals surface area contributed by atoms with Gasteiger partial charge in [0, 0.05) is 24.1 Å². The molecule has 4 unspecified atom stereocenters. The summed E-state index contributed by atoms with van der Waals surface area (Å²) < 4.78 is 9.53. The first-order valence-electron chi connectivity index (χ1n) is 18.5. The van der Waals surface area contributed by atoms with E-state index >= 15 is 0 Å². The third-order valence-electron chi connectivity index (χ3n) is 13.4. The van der Waals surface area contributed by atoms with E-state index in [9.17, 15) is 9.59 Å². The summed E-state index contributed by atoms with van der Waals surface area (Å²) in [4.78, 5) is 25.6. The Morgan fingerprint density at radius 1 is 1.00 bits per heavy atom. The minimum Gasteiger partial charge on any atom is -0.462 e. The third kappa shape index (κ3) is 7.96. The zero-order chi connectivity index (χ0) is 34.3. The third-order valence-corrected chi connectivity index (χ3v) is 16.4. The Balaban J connectivity index is 1.23. The highest BCUT2D eigenvalue weighted by Gasteiger charge is 2.59. The Bertz CT molecular complexity index is 1360. The van der Waals surface area contributed by atoms with Crippen molar-refractivity contribution < 1.29 is 14.3 Å². The lowest BCUT2D eigenvalue weighted by atomic mass is 9.47. The molecule has 4 aliphatic rings. The molecule has 262 valence electrons. The molecule has 0 heterocycles. The van der Waals surface area contributed by atoms with Gasteiger partial charge in [0.1, 0.15) is 6.10 Å². The molecule has 0 aromatic heterocycles. The van der Waals surface area contributed by atoms with Gasteiger partial charge in [-0.1, -0.05) is 72.5 Å². The molecule has 3 saturated carbocycles. The highest BCUT2D eigenvalue weighted by atomic mass is 127. The Morgan fingerprint density at radius 3 is 2.43 bits per heavy atom. The molecule has 0 saturated heterocycles. The quantitative estimate of drug-likeness (QED) is 0.137. The maximum Gasteiger partial charge on any atom is 0.309 e. The molecule has 0 aliphatic heterocycles. The molecule has 4 aliphatic carbocycles. The lowest BCUT2D eigenvalue weighted by Gasteiger charge is -2.58. The van der Waals surface area contributed by atoms with Crippen molar-refractivity contribution in [1.82, 2.24) is 0 Å². The number of ether oxygens (including phenoxy) is 1. The Hall–Kier alpha value is 0.0900. The topological polar surface area (TPSA) is 55.4 Å². The molecule has 1 aromatic carbocycles. The van der Waals surface area contributed by atoms with Crippen LogP contribution >= 0.6 is 67.8 Å². The number of benzene rings is 1. The fraction of sp³-hybridized carbons (Fsp3) is 0.750. The van der Waals surface area contributed by atoms with Crippen LogP contribution in [0.25, 0.3) is 0 Å². The molecule has 1 aromatic rings. The smallest absolute Gasteiger partial charge is 0.309 e. The first-order chi connectivity index (χ1) is 22.2. The number of anilines is 1. The molecule has 4 nitrogen and oxygen atoms in total. The van der Waals surface area contributed by atoms with Gasteiger partial charge in [0.25, 0.3) is 0 Å². The second-order valence-electron chi connectivity index (χ2n) is 16.6. The second kappa shape index (κ2) is 15.8. The van der Waals surface area contributed by atoms with Gasteiger partial charge in [-0.15, -0.1) is 0 Å². The highest BCUT2D eigenvalue weighted by molar-refractivity contribution is 14.1. The molecule has 3 fully saturated rings. The van der Waals surface area contributed by atoms with Crippen molar-refractivity contribution in [2.75, 3.05) is 5.32 Å². The Kier molecular flexibility index (Phi) is 12.9. The number of hydrogen-bond donors (Lipinski definition) is 1. The van der Waals surface area contributed by atoms with Gasteiger partial charge in [0.2, 0.25) is 5.91 Å². The molecule has 47 heavy (non-hydrogen) atoms. The van der Waals surface area contributed by atoms with E-state index in [0.29, 0.717) is 11.8 Å². The summed E-state index contributed by atoms with van der Waals surface area (Å²) in [6.07, 6.45) is 18.0. The minimum absolute atomic E-state index is 0.0198. The van der Waals surface area contributed by atoms with Crippen LogP contribution < -0.4 is 5.32 Å². The van der Waals surface area contributed by atoms with Crippen molar-refractivity contribution >= 4 is 85.3 Å². The van der Waals surface area contributed by atoms with Gasteiger partial charge in [0.05, 0.1) is 11.6 Å². The number of rotatable bonds is 11. The Labute approximate surface area is 326 Å². The summed E-state index contributed by atoms with van der Waals surface area (Å²) in [6, 6.07) is 2.10. The minimum atomic E-state index is -0.195. The second-order valence-corrected chi connectivity index (χ2v) is 20.0. The molecule has 0 radical (unpaired) electrons. The van der Waals surface area contributed by atoms with E-state index in [1.807, 2.05) is 0 Å². The predicted molar refractivity (Wildman–Crippen MR) is 219 cm³/mol. The van der Waals surface area contributed by atoms with E-state index < -0.39 is 0 Å². The SMILES string of the molecule is CCC(Cc1c(I)cc(I)c(NC(C)=O)c1I)C(=O)O[C@H]1CC[C@@]2(C)C(=CCC3C2CC[C@@]2(C)C3CC[C@@H]2[C@H](C)CCCC(C)C)C1. The van der Waals surface area contributed by atoms with Gasteiger partial charge >= 0.3 is 5.97 Å². The summed E-state index contributed by atoms with van der Waals surface area (Å²) in [5.74, 6) is 4.68. The number of esters is 1. The summed E-state index contributed by atoms with van der Waals surface area (Å²) in [7, 11) is 0. The summed E-state index contributed by atoms with van der Waals surface area (Å²) in [6.45, 7) is 16.2. The van der Waals surface area contributed by atoms with Crippen molar-refractivity contribution in [1.29, 1.82) is 0 Å². The largest absolute Gasteiger partial charge is 0.462 e. The van der Waals surface area contributed by atoms with Gasteiger partial charge in [-0.25, -0.2) is 0 Å². The zero-order valence-corrected chi connectivity index (χ0v) is 36.3. The fourth-order valence-electron chi connectivity index (χ4n) is 10.8. The Morgan fingerprint density at radius 2 is 1.74 bits per heavy atom. The van der Waals surface area contributed by atoms with Crippen LogP contribution in [0.5, 0.6) is 0 Å². The maximum absolute atomic E-state index is 13.7. The summed E-state index contributed by atoms with van der Waals surface area (Å²) in [5.41, 5.74) is 4.32. The lowest BCUT2D eigenvalue weighted by molar-refractivity contribution is -0.156. The van der Waals surface area contributed by atoms with Gasteiger partial charge < -0.3 is 10.1 Å². The molecule has 0 spiro atoms. The van der Waals surface area contributed by atoms with E-state index in [0.717, 1.165) is 83.2 Å². The van der Waals surface area contributed by atoms with Crippen LogP contribution in [0.1, 0.15) is 131 Å². The van der Waals surface area contributed by atoms with Crippen molar-refractivity contribution in [3.63, 3.8) is 0 Å². The molecule has 9 atom stereocenters. The maximum atomic E-state index is 13.7. The van der Waals surface area contributed by atoms with Gasteiger partial charge in [-0.05, 0) is 184 Å². The van der Waals surface area contributed by atoms with Crippen LogP contribution in [-0.2, 0) is 20.7 Å². The average Bonchev–Trinajstić information content (AvgIpc) is 3.36. The average molecular weight is 982 g/mol. The predicted octanol–water partition coefficient (Wildman–Crippen LogP) is 12.0. The van der Waals surface area contributed by atoms with E-state index in [2.05, 4.69) is 127 Å². The molecule has 1 N–H and O–H groups in total. The summed E-state index contributed by atoms with van der Waals surface area (Å²) >= 11 is 6.97. The van der Waals surface area contributed by atoms with E-state index in [4.69, 9.17) is 4.74 Å². The first kappa shape index (κ1) is 38.3. The number of fused-ring (bicyclic) bond motifs is 5. The number of carbonyl (C=O) groups excluding carboxylic acids is 2. The number of halogens is 3. The molecule has 0 bridgehead atoms. The highest BCUT2D eigenvalue weighted by Crippen LogP contribution is 2.67. The van der Waals surface area contributed by atoms with E-state index in [-0.39, 0.29) is 29.3 Å². The van der Waals surface area contributed by atoms with Crippen LogP contribution in [0.2, 0.25) is 0 Å². The lowest BCUT2D eigenvalue weighted by Crippen LogP contribution is -2.51. The van der Waals surface area contributed by atoms with Crippen LogP contribution in [0, 0.1) is 63.0 Å². The number of hydrogen-bond acceptors (Lipinski definition) is 3. The molecular formula is C40H58I3NO3. The number of allylic oxidation sites excluding steroid dienone is 1. The van der Waals surface area contributed by atoms with E-state index in [1.54, 1.807) is 12.5 Å². The number of carbonyl (C=O) groups is 2. The normalized spacial score (nSPS) is 32.9. The van der Waals surface area contributed by atoms with Crippen molar-refractivity contribution in [3.05, 3.63) is 34.0 Å². The molecule has 7 heteroatoms. The van der Waals surface area contributed by atoms with Crippen molar-refractivity contribution in [2.24, 2.45) is 52.3 Å². The van der Waals surface area contributed by atoms with E-state index in [1.165, 1.54) is 51.4 Å². The van der Waals surface area contributed by atoms with Gasteiger partial charge in [0.15, 0.2) is 0 Å². The van der Waals surface area contributed by atoms with Crippen molar-refractivity contribution in [2.45, 2.75) is 138 Å². The first-order valence-corrected chi connectivity index (χ1v) is 21.8. The molecule has 1 amide bonds. The van der Waals surface area contributed by atoms with Gasteiger partial charge in [-0.3, -0.25) is 9.59 Å². The number of amides is 1. The van der Waals surface area contributed by atoms with Gasteiger partial charge in [-0.2, -0.15) is 0 Å². The summed E-state index contributed by atoms with van der Waals surface area (Å²) in [5, 5.41) is 3.00.